The van der Waals surface area contributed by atoms with Gasteiger partial charge in [-0.1, -0.05) is 36.4 Å². The number of hydrogen-bond acceptors (Lipinski definition) is 5. The Morgan fingerprint density at radius 1 is 1.17 bits per heavy atom. The number of benzene rings is 2. The van der Waals surface area contributed by atoms with E-state index >= 15 is 0 Å². The Bertz CT molecular complexity index is 1110. The van der Waals surface area contributed by atoms with Crippen molar-refractivity contribution >= 4 is 38.1 Å². The number of nitrogens with one attached hydrogen (secondary N) is 1. The number of hydrazone groups is 1. The molecule has 4 rings (SSSR count). The van der Waals surface area contributed by atoms with Crippen LogP contribution in [0.2, 0.25) is 0 Å². The fourth-order valence-corrected chi connectivity index (χ4v) is 5.52. The molecule has 2 amide bonds. The second kappa shape index (κ2) is 7.59. The fourth-order valence-electron chi connectivity index (χ4n) is 3.83. The Morgan fingerprint density at radius 3 is 2.66 bits per heavy atom. The van der Waals surface area contributed by atoms with E-state index < -0.39 is 15.9 Å². The lowest BCUT2D eigenvalue weighted by Gasteiger charge is -2.28. The van der Waals surface area contributed by atoms with Gasteiger partial charge >= 0.3 is 0 Å². The van der Waals surface area contributed by atoms with Crippen molar-refractivity contribution in [1.29, 1.82) is 0 Å². The monoisotopic (exact) mass is 413 g/mol. The molecule has 2 aromatic carbocycles. The van der Waals surface area contributed by atoms with E-state index in [2.05, 4.69) is 10.4 Å². The van der Waals surface area contributed by atoms with E-state index in [-0.39, 0.29) is 47.9 Å². The predicted molar refractivity (Wildman–Crippen MR) is 111 cm³/mol. The van der Waals surface area contributed by atoms with Crippen molar-refractivity contribution in [2.24, 2.45) is 5.10 Å². The Morgan fingerprint density at radius 2 is 1.93 bits per heavy atom. The third-order valence-electron chi connectivity index (χ3n) is 5.50. The summed E-state index contributed by atoms with van der Waals surface area (Å²) in [6.07, 6.45) is 0.776. The van der Waals surface area contributed by atoms with Crippen LogP contribution in [0.3, 0.4) is 0 Å². The van der Waals surface area contributed by atoms with E-state index in [0.717, 1.165) is 16.3 Å². The van der Waals surface area contributed by atoms with E-state index in [9.17, 15) is 18.0 Å². The Kier molecular flexibility index (Phi) is 5.12. The molecule has 0 spiro atoms. The average molecular weight is 413 g/mol. The van der Waals surface area contributed by atoms with Crippen molar-refractivity contribution in [3.05, 3.63) is 48.0 Å². The van der Waals surface area contributed by atoms with Gasteiger partial charge in [-0.3, -0.25) is 9.59 Å². The summed E-state index contributed by atoms with van der Waals surface area (Å²) in [5, 5.41) is 10.6. The lowest BCUT2D eigenvalue weighted by molar-refractivity contribution is -0.133. The summed E-state index contributed by atoms with van der Waals surface area (Å²) in [5.41, 5.74) is 1.24. The van der Waals surface area contributed by atoms with Crippen molar-refractivity contribution in [3.63, 3.8) is 0 Å². The first kappa shape index (κ1) is 19.6. The Hall–Kier alpha value is -2.74. The molecule has 2 atom stereocenters. The number of carbonyl (C=O) groups is 2. The lowest BCUT2D eigenvalue weighted by Crippen LogP contribution is -2.44. The highest BCUT2D eigenvalue weighted by Crippen LogP contribution is 2.23. The highest BCUT2D eigenvalue weighted by molar-refractivity contribution is 7.91. The average Bonchev–Trinajstić information content (AvgIpc) is 3.07. The van der Waals surface area contributed by atoms with Gasteiger partial charge in [-0.05, 0) is 35.7 Å². The molecule has 152 valence electrons. The van der Waals surface area contributed by atoms with Gasteiger partial charge < -0.3 is 5.32 Å². The number of sulfone groups is 1. The zero-order chi connectivity index (χ0) is 20.6. The van der Waals surface area contributed by atoms with E-state index in [4.69, 9.17) is 0 Å². The molecular weight excluding hydrogens is 390 g/mol. The molecule has 0 saturated carbocycles. The van der Waals surface area contributed by atoms with Crippen molar-refractivity contribution in [2.75, 3.05) is 11.5 Å². The smallest absolute Gasteiger partial charge is 0.267 e. The number of rotatable bonds is 4. The van der Waals surface area contributed by atoms with Crippen molar-refractivity contribution in [1.82, 2.24) is 10.3 Å². The third-order valence-corrected chi connectivity index (χ3v) is 7.25. The van der Waals surface area contributed by atoms with Gasteiger partial charge in [-0.25, -0.2) is 13.4 Å². The van der Waals surface area contributed by atoms with Crippen LogP contribution in [0.5, 0.6) is 0 Å². The number of fused-ring (bicyclic) bond motifs is 1. The van der Waals surface area contributed by atoms with Gasteiger partial charge in [0, 0.05) is 12.8 Å². The van der Waals surface area contributed by atoms with Crippen LogP contribution in [0.1, 0.15) is 37.8 Å². The maximum Gasteiger partial charge on any atom is 0.267 e. The summed E-state index contributed by atoms with van der Waals surface area (Å²) in [7, 11) is -3.14. The summed E-state index contributed by atoms with van der Waals surface area (Å²) >= 11 is 0. The summed E-state index contributed by atoms with van der Waals surface area (Å²) < 4.78 is 23.5. The van der Waals surface area contributed by atoms with Gasteiger partial charge in [0.1, 0.15) is 5.71 Å². The highest BCUT2D eigenvalue weighted by atomic mass is 32.2. The minimum atomic E-state index is -3.14. The molecular formula is C21H23N3O4S. The number of hydrogen-bond donors (Lipinski definition) is 1. The van der Waals surface area contributed by atoms with Crippen LogP contribution in [0, 0.1) is 0 Å². The van der Waals surface area contributed by atoms with E-state index in [1.54, 1.807) is 0 Å². The maximum atomic E-state index is 12.7. The summed E-state index contributed by atoms with van der Waals surface area (Å²) in [5.74, 6) is -0.600. The van der Waals surface area contributed by atoms with Crippen LogP contribution >= 0.6 is 0 Å². The van der Waals surface area contributed by atoms with Crippen LogP contribution in [0.15, 0.2) is 47.6 Å². The maximum absolute atomic E-state index is 12.7. The zero-order valence-corrected chi connectivity index (χ0v) is 17.0. The van der Waals surface area contributed by atoms with Gasteiger partial charge in [0.2, 0.25) is 5.91 Å². The van der Waals surface area contributed by atoms with Crippen molar-refractivity contribution in [2.45, 2.75) is 38.3 Å². The molecule has 0 radical (unpaired) electrons. The Labute approximate surface area is 169 Å². The number of carbonyl (C=O) groups excluding carboxylic acids is 2. The molecule has 2 unspecified atom stereocenters. The topological polar surface area (TPSA) is 95.9 Å². The summed E-state index contributed by atoms with van der Waals surface area (Å²) in [6, 6.07) is 13.4. The third kappa shape index (κ3) is 4.17. The standard InChI is InChI=1S/C21H23N3O4S/c1-14(16-7-6-15-4-2-3-5-17(15)12-16)22-21(26)19-8-9-20(25)24(23-19)18-10-11-29(27,28)13-18/h2-7,12,14,18H,8-11,13H2,1H3,(H,22,26). The second-order valence-electron chi connectivity index (χ2n) is 7.64. The molecule has 1 saturated heterocycles. The van der Waals surface area contributed by atoms with Gasteiger partial charge in [-0.15, -0.1) is 0 Å². The van der Waals surface area contributed by atoms with Gasteiger partial charge in [-0.2, -0.15) is 5.10 Å². The highest BCUT2D eigenvalue weighted by Gasteiger charge is 2.37. The van der Waals surface area contributed by atoms with Crippen molar-refractivity contribution in [3.8, 4) is 0 Å². The van der Waals surface area contributed by atoms with E-state index in [0.29, 0.717) is 6.42 Å². The largest absolute Gasteiger partial charge is 0.344 e. The molecule has 0 aromatic heterocycles. The molecule has 8 heteroatoms. The van der Waals surface area contributed by atoms with Gasteiger partial charge in [0.05, 0.1) is 23.6 Å². The summed E-state index contributed by atoms with van der Waals surface area (Å²) in [4.78, 5) is 25.0. The van der Waals surface area contributed by atoms with Gasteiger partial charge in [0.15, 0.2) is 9.84 Å². The molecule has 0 aliphatic carbocycles. The molecule has 7 nitrogen and oxygen atoms in total. The number of amides is 2. The number of nitrogens with zero attached hydrogens (tertiary/aromatic N) is 2. The quantitative estimate of drug-likeness (QED) is 0.831. The summed E-state index contributed by atoms with van der Waals surface area (Å²) in [6.45, 7) is 1.90. The van der Waals surface area contributed by atoms with E-state index in [1.807, 2.05) is 49.4 Å². The first-order chi connectivity index (χ1) is 13.8. The van der Waals surface area contributed by atoms with Crippen LogP contribution in [-0.4, -0.2) is 48.5 Å². The van der Waals surface area contributed by atoms with Crippen LogP contribution in [0.25, 0.3) is 10.8 Å². The molecule has 2 aliphatic heterocycles. The van der Waals surface area contributed by atoms with E-state index in [1.165, 1.54) is 5.01 Å². The van der Waals surface area contributed by atoms with Crippen LogP contribution in [-0.2, 0) is 19.4 Å². The molecule has 1 fully saturated rings. The molecule has 0 bridgehead atoms. The molecule has 2 heterocycles. The van der Waals surface area contributed by atoms with Gasteiger partial charge in [0.25, 0.3) is 5.91 Å². The molecule has 2 aromatic rings. The molecule has 29 heavy (non-hydrogen) atoms. The second-order valence-corrected chi connectivity index (χ2v) is 9.87. The fraction of sp³-hybridized carbons (Fsp3) is 0.381. The minimum Gasteiger partial charge on any atom is -0.344 e. The molecule has 2 aliphatic rings. The first-order valence-corrected chi connectivity index (χ1v) is 11.5. The van der Waals surface area contributed by atoms with Crippen LogP contribution in [0.4, 0.5) is 0 Å². The first-order valence-electron chi connectivity index (χ1n) is 9.72. The van der Waals surface area contributed by atoms with Crippen LogP contribution < -0.4 is 5.32 Å². The normalized spacial score (nSPS) is 22.4. The zero-order valence-electron chi connectivity index (χ0n) is 16.2. The van der Waals surface area contributed by atoms with Crippen molar-refractivity contribution < 1.29 is 18.0 Å². The Balaban J connectivity index is 1.49. The minimum absolute atomic E-state index is 0.0531. The lowest BCUT2D eigenvalue weighted by atomic mass is 10.0. The SMILES string of the molecule is CC(NC(=O)C1=NN(C2CCS(=O)(=O)C2)C(=O)CC1)c1ccc2ccccc2c1. The predicted octanol–water partition coefficient (Wildman–Crippen LogP) is 2.18. The molecule has 1 N–H and O–H groups in total.